The van der Waals surface area contributed by atoms with Gasteiger partial charge in [-0.1, -0.05) is 55.5 Å². The van der Waals surface area contributed by atoms with E-state index in [0.717, 1.165) is 6.42 Å². The monoisotopic (exact) mass is 311 g/mol. The fraction of sp³-hybridized carbons (Fsp3) is 0.263. The molecule has 4 nitrogen and oxygen atoms in total. The smallest absolute Gasteiger partial charge is 0.335 e. The highest BCUT2D eigenvalue weighted by Gasteiger charge is 2.14. The first-order chi connectivity index (χ1) is 11.1. The molecule has 0 saturated carbocycles. The van der Waals surface area contributed by atoms with Crippen molar-refractivity contribution in [1.29, 1.82) is 0 Å². The summed E-state index contributed by atoms with van der Waals surface area (Å²) >= 11 is 0. The van der Waals surface area contributed by atoms with Crippen LogP contribution in [0.2, 0.25) is 0 Å². The standard InChI is InChI=1S/C19H21NO3/c1-2-14(15-8-4-3-5-9-15)13-20-18(21)12-16-10-6-7-11-17(16)19(22)23/h3-11,14H,2,12-13H2,1H3,(H,20,21)(H,22,23). The third kappa shape index (κ3) is 4.68. The van der Waals surface area contributed by atoms with Crippen LogP contribution in [0.15, 0.2) is 54.6 Å². The highest BCUT2D eigenvalue weighted by atomic mass is 16.4. The van der Waals surface area contributed by atoms with Gasteiger partial charge in [-0.3, -0.25) is 4.79 Å². The number of benzene rings is 2. The molecule has 0 fully saturated rings. The van der Waals surface area contributed by atoms with E-state index in [-0.39, 0.29) is 23.8 Å². The predicted octanol–water partition coefficient (Wildman–Crippen LogP) is 3.24. The third-order valence-electron chi connectivity index (χ3n) is 3.91. The highest BCUT2D eigenvalue weighted by Crippen LogP contribution is 2.18. The Morgan fingerprint density at radius 1 is 1.04 bits per heavy atom. The number of carboxylic acid groups (broad SMARTS) is 1. The molecule has 1 atom stereocenters. The molecule has 0 aliphatic heterocycles. The molecule has 2 rings (SSSR count). The van der Waals surface area contributed by atoms with E-state index in [1.165, 1.54) is 11.6 Å². The van der Waals surface area contributed by atoms with Gasteiger partial charge in [0, 0.05) is 12.5 Å². The van der Waals surface area contributed by atoms with Crippen molar-refractivity contribution in [2.75, 3.05) is 6.54 Å². The molecule has 2 aromatic carbocycles. The molecule has 1 amide bonds. The maximum absolute atomic E-state index is 12.1. The summed E-state index contributed by atoms with van der Waals surface area (Å²) in [4.78, 5) is 23.3. The van der Waals surface area contributed by atoms with Gasteiger partial charge in [-0.15, -0.1) is 0 Å². The first kappa shape index (κ1) is 16.7. The molecule has 0 spiro atoms. The first-order valence-electron chi connectivity index (χ1n) is 7.74. The van der Waals surface area contributed by atoms with Gasteiger partial charge in [0.2, 0.25) is 5.91 Å². The van der Waals surface area contributed by atoms with Gasteiger partial charge in [-0.05, 0) is 23.6 Å². The molecule has 0 aromatic heterocycles. The lowest BCUT2D eigenvalue weighted by atomic mass is 9.96. The number of rotatable bonds is 7. The Balaban J connectivity index is 1.96. The molecule has 0 aliphatic rings. The van der Waals surface area contributed by atoms with Crippen LogP contribution < -0.4 is 5.32 Å². The number of carbonyl (C=O) groups excluding carboxylic acids is 1. The molecule has 0 heterocycles. The molecule has 0 bridgehead atoms. The second-order valence-electron chi connectivity index (χ2n) is 5.46. The molecule has 4 heteroatoms. The van der Waals surface area contributed by atoms with Crippen LogP contribution in [-0.4, -0.2) is 23.5 Å². The summed E-state index contributed by atoms with van der Waals surface area (Å²) in [5.41, 5.74) is 1.91. The number of carbonyl (C=O) groups is 2. The Kier molecular flexibility index (Phi) is 5.92. The van der Waals surface area contributed by atoms with Crippen LogP contribution in [0.3, 0.4) is 0 Å². The van der Waals surface area contributed by atoms with Crippen LogP contribution in [0.1, 0.15) is 40.7 Å². The van der Waals surface area contributed by atoms with Crippen LogP contribution >= 0.6 is 0 Å². The Morgan fingerprint density at radius 2 is 1.70 bits per heavy atom. The minimum absolute atomic E-state index is 0.0771. The first-order valence-corrected chi connectivity index (χ1v) is 7.74. The van der Waals surface area contributed by atoms with E-state index in [4.69, 9.17) is 5.11 Å². The summed E-state index contributed by atoms with van der Waals surface area (Å²) in [5.74, 6) is -0.910. The van der Waals surface area contributed by atoms with E-state index < -0.39 is 5.97 Å². The number of hydrogen-bond donors (Lipinski definition) is 2. The van der Waals surface area contributed by atoms with Crippen LogP contribution in [0, 0.1) is 0 Å². The van der Waals surface area contributed by atoms with E-state index in [1.807, 2.05) is 18.2 Å². The predicted molar refractivity (Wildman–Crippen MR) is 89.6 cm³/mol. The average molecular weight is 311 g/mol. The molecule has 23 heavy (non-hydrogen) atoms. The van der Waals surface area contributed by atoms with E-state index in [9.17, 15) is 9.59 Å². The fourth-order valence-corrected chi connectivity index (χ4v) is 2.58. The maximum Gasteiger partial charge on any atom is 0.335 e. The number of nitrogens with one attached hydrogen (secondary N) is 1. The number of hydrogen-bond acceptors (Lipinski definition) is 2. The maximum atomic E-state index is 12.1. The second-order valence-corrected chi connectivity index (χ2v) is 5.46. The zero-order valence-electron chi connectivity index (χ0n) is 13.2. The SMILES string of the molecule is CCC(CNC(=O)Cc1ccccc1C(=O)O)c1ccccc1. The molecule has 2 N–H and O–H groups in total. The number of aromatic carboxylic acids is 1. The molecule has 120 valence electrons. The molecule has 2 aromatic rings. The van der Waals surface area contributed by atoms with Gasteiger partial charge in [0.25, 0.3) is 0 Å². The van der Waals surface area contributed by atoms with Crippen molar-refractivity contribution in [2.24, 2.45) is 0 Å². The average Bonchev–Trinajstić information content (AvgIpc) is 2.56. The Hall–Kier alpha value is -2.62. The van der Waals surface area contributed by atoms with Crippen LogP contribution in [0.5, 0.6) is 0 Å². The summed E-state index contributed by atoms with van der Waals surface area (Å²) in [6.07, 6.45) is 1.00. The van der Waals surface area contributed by atoms with E-state index in [2.05, 4.69) is 24.4 Å². The Morgan fingerprint density at radius 3 is 2.35 bits per heavy atom. The zero-order chi connectivity index (χ0) is 16.7. The van der Waals surface area contributed by atoms with Crippen molar-refractivity contribution in [1.82, 2.24) is 5.32 Å². The van der Waals surface area contributed by atoms with E-state index in [0.29, 0.717) is 12.1 Å². The molecule has 0 saturated heterocycles. The third-order valence-corrected chi connectivity index (χ3v) is 3.91. The minimum atomic E-state index is -1.01. The fourth-order valence-electron chi connectivity index (χ4n) is 2.58. The molecular formula is C19H21NO3. The van der Waals surface area contributed by atoms with Gasteiger partial charge >= 0.3 is 5.97 Å². The summed E-state index contributed by atoms with van der Waals surface area (Å²) in [7, 11) is 0. The highest BCUT2D eigenvalue weighted by molar-refractivity contribution is 5.91. The van der Waals surface area contributed by atoms with Crippen molar-refractivity contribution >= 4 is 11.9 Å². The lowest BCUT2D eigenvalue weighted by molar-refractivity contribution is -0.120. The zero-order valence-corrected chi connectivity index (χ0v) is 13.2. The summed E-state index contributed by atoms with van der Waals surface area (Å²) in [5, 5.41) is 12.1. The van der Waals surface area contributed by atoms with Crippen molar-refractivity contribution < 1.29 is 14.7 Å². The van der Waals surface area contributed by atoms with Crippen molar-refractivity contribution in [3.05, 3.63) is 71.3 Å². The largest absolute Gasteiger partial charge is 0.478 e. The lowest BCUT2D eigenvalue weighted by Gasteiger charge is -2.16. The van der Waals surface area contributed by atoms with Gasteiger partial charge in [0.15, 0.2) is 0 Å². The normalized spacial score (nSPS) is 11.7. The minimum Gasteiger partial charge on any atom is -0.478 e. The molecule has 1 unspecified atom stereocenters. The van der Waals surface area contributed by atoms with Gasteiger partial charge < -0.3 is 10.4 Å². The van der Waals surface area contributed by atoms with Crippen LogP contribution in [-0.2, 0) is 11.2 Å². The number of amides is 1. The second kappa shape index (κ2) is 8.13. The topological polar surface area (TPSA) is 66.4 Å². The molecule has 0 radical (unpaired) electrons. The Labute approximate surface area is 136 Å². The number of carboxylic acids is 1. The van der Waals surface area contributed by atoms with Gasteiger partial charge in [0.05, 0.1) is 12.0 Å². The van der Waals surface area contributed by atoms with Crippen molar-refractivity contribution in [2.45, 2.75) is 25.7 Å². The van der Waals surface area contributed by atoms with Crippen molar-refractivity contribution in [3.63, 3.8) is 0 Å². The van der Waals surface area contributed by atoms with Crippen LogP contribution in [0.25, 0.3) is 0 Å². The quantitative estimate of drug-likeness (QED) is 0.825. The van der Waals surface area contributed by atoms with Gasteiger partial charge in [-0.25, -0.2) is 4.79 Å². The van der Waals surface area contributed by atoms with Gasteiger partial charge in [-0.2, -0.15) is 0 Å². The summed E-state index contributed by atoms with van der Waals surface area (Å²) in [6.45, 7) is 2.64. The van der Waals surface area contributed by atoms with Crippen molar-refractivity contribution in [3.8, 4) is 0 Å². The lowest BCUT2D eigenvalue weighted by Crippen LogP contribution is -2.30. The Bertz CT molecular complexity index is 667. The van der Waals surface area contributed by atoms with E-state index >= 15 is 0 Å². The van der Waals surface area contributed by atoms with Gasteiger partial charge in [0.1, 0.15) is 0 Å². The van der Waals surface area contributed by atoms with E-state index in [1.54, 1.807) is 18.2 Å². The summed E-state index contributed by atoms with van der Waals surface area (Å²) < 4.78 is 0. The summed E-state index contributed by atoms with van der Waals surface area (Å²) in [6, 6.07) is 16.7. The molecular weight excluding hydrogens is 290 g/mol. The molecule has 0 aliphatic carbocycles. The van der Waals surface area contributed by atoms with Crippen LogP contribution in [0.4, 0.5) is 0 Å².